The molecule has 0 aliphatic rings. The Balaban J connectivity index is 5.01. The van der Waals surface area contributed by atoms with Crippen molar-refractivity contribution in [3.8, 4) is 0 Å². The number of likely N-dealkylation sites (N-methyl/N-ethyl adjacent to an activating group) is 1. The van der Waals surface area contributed by atoms with Gasteiger partial charge >= 0.3 is 13.8 Å². The number of carbonyl (C=O) groups excluding carboxylic acids is 2. The summed E-state index contributed by atoms with van der Waals surface area (Å²) in [6.45, 7) is 6.97. The molecule has 0 aromatic carbocycles. The minimum absolute atomic E-state index is 0.0346. The van der Waals surface area contributed by atoms with Gasteiger partial charge in [-0.25, -0.2) is 4.57 Å². The molecule has 0 aliphatic heterocycles. The lowest BCUT2D eigenvalue weighted by Gasteiger charge is -2.27. The van der Waals surface area contributed by atoms with Gasteiger partial charge in [0, 0.05) is 12.8 Å². The smallest absolute Gasteiger partial charge is 0.456 e. The topological polar surface area (TPSA) is 111 Å². The number of rotatable bonds is 66. The Morgan fingerprint density at radius 1 is 0.402 bits per heavy atom. The first-order chi connectivity index (χ1) is 42.4. The van der Waals surface area contributed by atoms with E-state index in [-0.39, 0.29) is 31.5 Å². The molecule has 0 aromatic heterocycles. The van der Waals surface area contributed by atoms with E-state index in [1.54, 1.807) is 0 Å². The fourth-order valence-corrected chi connectivity index (χ4v) is 11.1. The highest BCUT2D eigenvalue weighted by atomic mass is 31.2. The number of allylic oxidation sites excluding steroid dienone is 15. The molecule has 2 N–H and O–H groups in total. The average molecular weight is 1240 g/mol. The zero-order valence-electron chi connectivity index (χ0n) is 57.7. The third kappa shape index (κ3) is 67.2. The van der Waals surface area contributed by atoms with Crippen molar-refractivity contribution in [2.75, 3.05) is 40.9 Å². The van der Waals surface area contributed by atoms with Crippen LogP contribution in [0.4, 0.5) is 0 Å². The third-order valence-corrected chi connectivity index (χ3v) is 17.0. The molecule has 0 saturated carbocycles. The summed E-state index contributed by atoms with van der Waals surface area (Å²) in [6, 6.07) is -0.860. The first-order valence-electron chi connectivity index (χ1n) is 36.6. The van der Waals surface area contributed by atoms with Gasteiger partial charge in [0.1, 0.15) is 19.3 Å². The van der Waals surface area contributed by atoms with Crippen LogP contribution in [0.3, 0.4) is 0 Å². The Morgan fingerprint density at radius 3 is 1.07 bits per heavy atom. The molecule has 3 unspecified atom stereocenters. The standard InChI is InChI=1S/C77H139N2O7P/c1-7-10-13-16-19-22-25-27-29-31-33-35-37-38-39-40-42-44-46-48-50-52-55-58-61-64-67-70-77(81)86-75(68-65-62-59-56-53-24-21-18-15-12-9-3)74(73-85-87(82,83)84-72-71-79(4,5)6)78-76(80)69-66-63-60-57-54-51-49-47-45-43-41-36-34-32-30-28-26-23-20-17-14-11-8-2/h19-20,22-23,27-30,33-36,43,45,65,68,74-75H,7-18,21,24-26,31-32,37-42,44,46-64,66-67,69-73H2,1-6H3,(H-,78,80,82,83)/p+1/b22-19-,23-20-,29-27-,30-28-,35-33-,36-34-,45-43-,68-65+. The summed E-state index contributed by atoms with van der Waals surface area (Å²) in [5.74, 6) is -0.514. The lowest BCUT2D eigenvalue weighted by atomic mass is 10.0. The first-order valence-corrected chi connectivity index (χ1v) is 38.1. The van der Waals surface area contributed by atoms with E-state index in [4.69, 9.17) is 13.8 Å². The van der Waals surface area contributed by atoms with Crippen LogP contribution in [0.1, 0.15) is 329 Å². The van der Waals surface area contributed by atoms with E-state index in [2.05, 4.69) is 111 Å². The molecule has 10 heteroatoms. The number of phosphoric ester groups is 1. The highest BCUT2D eigenvalue weighted by Gasteiger charge is 2.30. The van der Waals surface area contributed by atoms with Gasteiger partial charge in [-0.05, 0) is 115 Å². The van der Waals surface area contributed by atoms with Crippen LogP contribution in [-0.4, -0.2) is 74.3 Å². The zero-order chi connectivity index (χ0) is 63.5. The molecule has 0 rings (SSSR count). The van der Waals surface area contributed by atoms with Crippen molar-refractivity contribution in [2.24, 2.45) is 0 Å². The number of nitrogens with one attached hydrogen (secondary N) is 1. The highest BCUT2D eigenvalue weighted by Crippen LogP contribution is 2.43. The second-order valence-electron chi connectivity index (χ2n) is 25.8. The van der Waals surface area contributed by atoms with Crippen molar-refractivity contribution in [1.82, 2.24) is 5.32 Å². The number of hydrogen-bond donors (Lipinski definition) is 2. The molecule has 0 bridgehead atoms. The van der Waals surface area contributed by atoms with Gasteiger partial charge < -0.3 is 19.4 Å². The SMILES string of the molecule is CCCCC/C=C\C/C=C\C/C=C\C/C=C\CCCCCCCCCC(=O)NC(COP(=O)(O)OCC[N+](C)(C)C)C(/C=C/CCCCCCCCCCC)OC(=O)CCCCCCCCCCCCCCCC/C=C\C/C=C\C/C=C\CCCCC. The molecule has 0 fully saturated rings. The Bertz CT molecular complexity index is 1810. The lowest BCUT2D eigenvalue weighted by molar-refractivity contribution is -0.870. The van der Waals surface area contributed by atoms with Crippen LogP contribution in [0.15, 0.2) is 97.2 Å². The van der Waals surface area contributed by atoms with E-state index < -0.39 is 20.0 Å². The average Bonchev–Trinajstić information content (AvgIpc) is 3.70. The minimum atomic E-state index is -4.46. The molecule has 1 amide bonds. The quantitative estimate of drug-likeness (QED) is 0.0205. The van der Waals surface area contributed by atoms with Crippen molar-refractivity contribution < 1.29 is 37.3 Å². The van der Waals surface area contributed by atoms with Crippen molar-refractivity contribution in [3.05, 3.63) is 97.2 Å². The number of amides is 1. The number of esters is 1. The summed E-state index contributed by atoms with van der Waals surface area (Å²) >= 11 is 0. The van der Waals surface area contributed by atoms with E-state index >= 15 is 0 Å². The van der Waals surface area contributed by atoms with Crippen molar-refractivity contribution in [1.29, 1.82) is 0 Å². The number of nitrogens with zero attached hydrogens (tertiary/aromatic N) is 1. The van der Waals surface area contributed by atoms with Crippen LogP contribution < -0.4 is 5.32 Å². The Morgan fingerprint density at radius 2 is 0.701 bits per heavy atom. The van der Waals surface area contributed by atoms with Gasteiger partial charge in [-0.2, -0.15) is 0 Å². The van der Waals surface area contributed by atoms with Gasteiger partial charge in [0.15, 0.2) is 0 Å². The molecular formula is C77H140N2O7P+. The van der Waals surface area contributed by atoms with Gasteiger partial charge in [-0.1, -0.05) is 298 Å². The van der Waals surface area contributed by atoms with E-state index in [9.17, 15) is 19.0 Å². The first kappa shape index (κ1) is 83.9. The fourth-order valence-electron chi connectivity index (χ4n) is 10.3. The van der Waals surface area contributed by atoms with Crippen molar-refractivity contribution in [3.63, 3.8) is 0 Å². The number of ether oxygens (including phenoxy) is 1. The normalized spacial score (nSPS) is 14.1. The van der Waals surface area contributed by atoms with Crippen molar-refractivity contribution >= 4 is 19.7 Å². The number of quaternary nitrogens is 1. The molecule has 0 saturated heterocycles. The lowest BCUT2D eigenvalue weighted by Crippen LogP contribution is -2.47. The summed E-state index contributed by atoms with van der Waals surface area (Å²) in [4.78, 5) is 37.9. The summed E-state index contributed by atoms with van der Waals surface area (Å²) in [5, 5.41) is 3.06. The van der Waals surface area contributed by atoms with E-state index in [1.807, 2.05) is 33.3 Å². The van der Waals surface area contributed by atoms with Crippen LogP contribution in [0.25, 0.3) is 0 Å². The van der Waals surface area contributed by atoms with Crippen LogP contribution in [0, 0.1) is 0 Å². The molecule has 3 atom stereocenters. The number of unbranched alkanes of at least 4 members (excludes halogenated alkanes) is 36. The summed E-state index contributed by atoms with van der Waals surface area (Å²) in [6.07, 6.45) is 89.9. The maximum Gasteiger partial charge on any atom is 0.472 e. The monoisotopic (exact) mass is 1240 g/mol. The van der Waals surface area contributed by atoms with Gasteiger partial charge in [0.2, 0.25) is 5.91 Å². The van der Waals surface area contributed by atoms with E-state index in [0.29, 0.717) is 17.4 Å². The Hall–Kier alpha value is -3.07. The maximum atomic E-state index is 13.6. The number of phosphoric acid groups is 1. The molecule has 0 spiro atoms. The second kappa shape index (κ2) is 65.9. The second-order valence-corrected chi connectivity index (χ2v) is 27.2. The molecule has 0 heterocycles. The largest absolute Gasteiger partial charge is 0.472 e. The van der Waals surface area contributed by atoms with Gasteiger partial charge in [0.05, 0.1) is 33.8 Å². The minimum Gasteiger partial charge on any atom is -0.456 e. The molecule has 0 aliphatic carbocycles. The zero-order valence-corrected chi connectivity index (χ0v) is 58.6. The Kier molecular flexibility index (Phi) is 63.5. The third-order valence-electron chi connectivity index (χ3n) is 16.0. The van der Waals surface area contributed by atoms with Crippen LogP contribution >= 0.6 is 7.82 Å². The molecule has 87 heavy (non-hydrogen) atoms. The fraction of sp³-hybridized carbons (Fsp3) is 0.766. The summed E-state index contributed by atoms with van der Waals surface area (Å²) in [5.41, 5.74) is 0. The molecule has 504 valence electrons. The Labute approximate surface area is 538 Å². The summed E-state index contributed by atoms with van der Waals surface area (Å²) in [7, 11) is 1.49. The number of hydrogen-bond acceptors (Lipinski definition) is 6. The molecule has 9 nitrogen and oxygen atoms in total. The molecular weight excluding hydrogens is 1100 g/mol. The molecule has 0 radical (unpaired) electrons. The maximum absolute atomic E-state index is 13.6. The van der Waals surface area contributed by atoms with Gasteiger partial charge in [-0.3, -0.25) is 18.6 Å². The van der Waals surface area contributed by atoms with Crippen LogP contribution in [0.5, 0.6) is 0 Å². The van der Waals surface area contributed by atoms with E-state index in [0.717, 1.165) is 103 Å². The van der Waals surface area contributed by atoms with Gasteiger partial charge in [0.25, 0.3) is 0 Å². The summed E-state index contributed by atoms with van der Waals surface area (Å²) < 4.78 is 30.8. The molecule has 0 aromatic rings. The van der Waals surface area contributed by atoms with Crippen LogP contribution in [0.2, 0.25) is 0 Å². The predicted molar refractivity (Wildman–Crippen MR) is 378 cm³/mol. The number of carbonyl (C=O) groups is 2. The highest BCUT2D eigenvalue weighted by molar-refractivity contribution is 7.47. The van der Waals surface area contributed by atoms with E-state index in [1.165, 1.54) is 193 Å². The van der Waals surface area contributed by atoms with Crippen molar-refractivity contribution in [2.45, 2.75) is 341 Å². The van der Waals surface area contributed by atoms with Gasteiger partial charge in [-0.15, -0.1) is 0 Å². The van der Waals surface area contributed by atoms with Crippen LogP contribution in [-0.2, 0) is 27.9 Å². The predicted octanol–water partition coefficient (Wildman–Crippen LogP) is 23.5.